The molecule has 1 unspecified atom stereocenters. The maximum Gasteiger partial charge on any atom is 0.328 e. The van der Waals surface area contributed by atoms with E-state index in [1.54, 1.807) is 6.92 Å². The van der Waals surface area contributed by atoms with Crippen LogP contribution in [-0.2, 0) is 9.59 Å². The Bertz CT molecular complexity index is 366. The van der Waals surface area contributed by atoms with E-state index < -0.39 is 11.9 Å². The summed E-state index contributed by atoms with van der Waals surface area (Å²) in [5, 5.41) is 17.3. The van der Waals surface area contributed by atoms with Crippen molar-refractivity contribution in [2.24, 2.45) is 5.92 Å². The Hall–Kier alpha value is -1.58. The van der Waals surface area contributed by atoms with Gasteiger partial charge in [-0.2, -0.15) is 0 Å². The van der Waals surface area contributed by atoms with Crippen LogP contribution < -0.4 is 0 Å². The molecule has 0 aromatic carbocycles. The zero-order valence-electron chi connectivity index (χ0n) is 12.0. The minimum absolute atomic E-state index is 0.284. The van der Waals surface area contributed by atoms with Gasteiger partial charge in [0.1, 0.15) is 0 Å². The molecule has 2 N–H and O–H groups in total. The molecular weight excluding hydrogens is 244 g/mol. The molecular formula is C15H24O4. The van der Waals surface area contributed by atoms with Gasteiger partial charge in [-0.3, -0.25) is 4.79 Å². The van der Waals surface area contributed by atoms with Crippen LogP contribution in [0, 0.1) is 5.92 Å². The van der Waals surface area contributed by atoms with Crippen LogP contribution in [0.2, 0.25) is 0 Å². The summed E-state index contributed by atoms with van der Waals surface area (Å²) < 4.78 is 0. The standard InChI is InChI=1S/C15H24O4/c1-11(7-5-9-13(3)15(18)19)6-4-8-12(2)10-14(16)17/h6,10,13H,4-5,7-9H2,1-3H3,(H,16,17)(H,18,19)/b11-6+,12-10+. The predicted octanol–water partition coefficient (Wildman–Crippen LogP) is 3.63. The smallest absolute Gasteiger partial charge is 0.328 e. The summed E-state index contributed by atoms with van der Waals surface area (Å²) >= 11 is 0. The summed E-state index contributed by atoms with van der Waals surface area (Å²) in [6, 6.07) is 0. The summed E-state index contributed by atoms with van der Waals surface area (Å²) in [4.78, 5) is 21.1. The maximum atomic E-state index is 10.6. The molecule has 0 fully saturated rings. The fourth-order valence-electron chi connectivity index (χ4n) is 1.74. The van der Waals surface area contributed by atoms with Crippen molar-refractivity contribution in [3.8, 4) is 0 Å². The van der Waals surface area contributed by atoms with Gasteiger partial charge < -0.3 is 10.2 Å². The van der Waals surface area contributed by atoms with Gasteiger partial charge in [-0.25, -0.2) is 4.79 Å². The van der Waals surface area contributed by atoms with Gasteiger partial charge in [0.25, 0.3) is 0 Å². The predicted molar refractivity (Wildman–Crippen MR) is 75.0 cm³/mol. The van der Waals surface area contributed by atoms with Crippen molar-refractivity contribution in [3.05, 3.63) is 23.3 Å². The number of hydrogen-bond acceptors (Lipinski definition) is 2. The van der Waals surface area contributed by atoms with E-state index in [2.05, 4.69) is 6.08 Å². The summed E-state index contributed by atoms with van der Waals surface area (Å²) in [7, 11) is 0. The van der Waals surface area contributed by atoms with Gasteiger partial charge in [-0.1, -0.05) is 24.1 Å². The van der Waals surface area contributed by atoms with E-state index in [-0.39, 0.29) is 5.92 Å². The molecule has 1 atom stereocenters. The molecule has 0 saturated heterocycles. The van der Waals surface area contributed by atoms with E-state index in [1.807, 2.05) is 13.8 Å². The molecule has 0 radical (unpaired) electrons. The number of carboxylic acid groups (broad SMARTS) is 2. The molecule has 108 valence electrons. The minimum atomic E-state index is -0.902. The molecule has 4 nitrogen and oxygen atoms in total. The molecule has 4 heteroatoms. The van der Waals surface area contributed by atoms with E-state index in [9.17, 15) is 9.59 Å². The molecule has 0 amide bonds. The quantitative estimate of drug-likeness (QED) is 0.494. The van der Waals surface area contributed by atoms with Crippen molar-refractivity contribution in [3.63, 3.8) is 0 Å². The van der Waals surface area contributed by atoms with Gasteiger partial charge in [-0.05, 0) is 46.0 Å². The van der Waals surface area contributed by atoms with Crippen LogP contribution in [0.3, 0.4) is 0 Å². The van der Waals surface area contributed by atoms with Crippen molar-refractivity contribution in [1.82, 2.24) is 0 Å². The Morgan fingerprint density at radius 3 is 2.26 bits per heavy atom. The van der Waals surface area contributed by atoms with E-state index in [0.717, 1.165) is 31.3 Å². The highest BCUT2D eigenvalue weighted by Crippen LogP contribution is 2.14. The van der Waals surface area contributed by atoms with Crippen LogP contribution in [0.15, 0.2) is 23.3 Å². The molecule has 0 aliphatic heterocycles. The number of carboxylic acids is 2. The van der Waals surface area contributed by atoms with Crippen molar-refractivity contribution in [1.29, 1.82) is 0 Å². The van der Waals surface area contributed by atoms with E-state index in [1.165, 1.54) is 11.6 Å². The number of rotatable bonds is 9. The average molecular weight is 268 g/mol. The minimum Gasteiger partial charge on any atom is -0.481 e. The Kier molecular flexibility index (Phi) is 8.58. The van der Waals surface area contributed by atoms with Gasteiger partial charge in [0.05, 0.1) is 5.92 Å². The molecule has 0 saturated carbocycles. The fraction of sp³-hybridized carbons (Fsp3) is 0.600. The topological polar surface area (TPSA) is 74.6 Å². The normalized spacial score (nSPS) is 14.3. The molecule has 0 spiro atoms. The molecule has 0 aromatic heterocycles. The lowest BCUT2D eigenvalue weighted by Crippen LogP contribution is -2.08. The first-order valence-electron chi connectivity index (χ1n) is 6.61. The Balaban J connectivity index is 3.89. The second-order valence-corrected chi connectivity index (χ2v) is 5.05. The van der Waals surface area contributed by atoms with Gasteiger partial charge in [0.2, 0.25) is 0 Å². The summed E-state index contributed by atoms with van der Waals surface area (Å²) in [5.41, 5.74) is 2.09. The fourth-order valence-corrected chi connectivity index (χ4v) is 1.74. The largest absolute Gasteiger partial charge is 0.481 e. The number of aliphatic carboxylic acids is 2. The van der Waals surface area contributed by atoms with Gasteiger partial charge in [-0.15, -0.1) is 0 Å². The van der Waals surface area contributed by atoms with Crippen LogP contribution >= 0.6 is 0 Å². The first-order chi connectivity index (χ1) is 8.82. The van der Waals surface area contributed by atoms with Crippen molar-refractivity contribution in [2.75, 3.05) is 0 Å². The first-order valence-corrected chi connectivity index (χ1v) is 6.61. The van der Waals surface area contributed by atoms with Gasteiger partial charge in [0, 0.05) is 6.08 Å². The summed E-state index contributed by atoms with van der Waals surface area (Å²) in [5.74, 6) is -1.93. The Morgan fingerprint density at radius 2 is 1.74 bits per heavy atom. The third-order valence-electron chi connectivity index (χ3n) is 3.03. The maximum absolute atomic E-state index is 10.6. The zero-order chi connectivity index (χ0) is 14.8. The third-order valence-corrected chi connectivity index (χ3v) is 3.03. The number of carbonyl (C=O) groups is 2. The first kappa shape index (κ1) is 17.4. The van der Waals surface area contributed by atoms with Crippen LogP contribution in [0.25, 0.3) is 0 Å². The van der Waals surface area contributed by atoms with Crippen LogP contribution in [0.1, 0.15) is 52.9 Å². The molecule has 0 bridgehead atoms. The van der Waals surface area contributed by atoms with Crippen LogP contribution in [0.4, 0.5) is 0 Å². The lowest BCUT2D eigenvalue weighted by molar-refractivity contribution is -0.141. The zero-order valence-corrected chi connectivity index (χ0v) is 12.0. The highest BCUT2D eigenvalue weighted by Gasteiger charge is 2.09. The second kappa shape index (κ2) is 9.36. The highest BCUT2D eigenvalue weighted by molar-refractivity contribution is 5.80. The third kappa shape index (κ3) is 10.1. The van der Waals surface area contributed by atoms with Gasteiger partial charge in [0.15, 0.2) is 0 Å². The van der Waals surface area contributed by atoms with Gasteiger partial charge >= 0.3 is 11.9 Å². The van der Waals surface area contributed by atoms with E-state index in [0.29, 0.717) is 6.42 Å². The SMILES string of the molecule is C/C(=C\C(=O)O)CC/C=C(\C)CCCC(C)C(=O)O. The molecule has 0 aromatic rings. The Morgan fingerprint density at radius 1 is 1.11 bits per heavy atom. The van der Waals surface area contributed by atoms with Crippen LogP contribution in [0.5, 0.6) is 0 Å². The Labute approximate surface area is 114 Å². The molecule has 19 heavy (non-hydrogen) atoms. The lowest BCUT2D eigenvalue weighted by Gasteiger charge is -2.06. The highest BCUT2D eigenvalue weighted by atomic mass is 16.4. The molecule has 0 heterocycles. The van der Waals surface area contributed by atoms with Crippen LogP contribution in [-0.4, -0.2) is 22.2 Å². The van der Waals surface area contributed by atoms with Crippen molar-refractivity contribution < 1.29 is 19.8 Å². The molecule has 0 rings (SSSR count). The molecule has 0 aliphatic rings. The average Bonchev–Trinajstić information content (AvgIpc) is 2.27. The van der Waals surface area contributed by atoms with E-state index >= 15 is 0 Å². The second-order valence-electron chi connectivity index (χ2n) is 5.05. The molecule has 0 aliphatic carbocycles. The van der Waals surface area contributed by atoms with Crippen molar-refractivity contribution in [2.45, 2.75) is 52.9 Å². The lowest BCUT2D eigenvalue weighted by atomic mass is 10.0. The monoisotopic (exact) mass is 268 g/mol. The number of allylic oxidation sites excluding steroid dienone is 3. The summed E-state index contributed by atoms with van der Waals surface area (Å²) in [6.45, 7) is 5.56. The van der Waals surface area contributed by atoms with Crippen molar-refractivity contribution >= 4 is 11.9 Å². The summed E-state index contributed by atoms with van der Waals surface area (Å²) in [6.07, 6.45) is 7.38. The van der Waals surface area contributed by atoms with E-state index in [4.69, 9.17) is 10.2 Å². The number of hydrogen-bond donors (Lipinski definition) is 2.